The van der Waals surface area contributed by atoms with Crippen LogP contribution >= 0.6 is 0 Å². The van der Waals surface area contributed by atoms with Gasteiger partial charge in [-0.3, -0.25) is 0 Å². The standard InChI is InChI=1S/C23H40F4N8O4/c1-22(2,3)38-20(36)28-9-7-11-35(12-8-10-29-21(37)39-23(4,5)6)19-33-17(30-13-15(24)25)32-18(34-19)31-14-16(26)27/h15-16H,7-14H2,1-6H3,(H,28,36)(H,29,37)(H2,30,31,32,33,34). The molecule has 224 valence electrons. The highest BCUT2D eigenvalue weighted by Crippen LogP contribution is 2.16. The number of amides is 2. The molecular formula is C23H40F4N8O4. The molecule has 0 saturated carbocycles. The summed E-state index contributed by atoms with van der Waals surface area (Å²) in [7, 11) is 0. The molecule has 1 aromatic heterocycles. The molecule has 12 nitrogen and oxygen atoms in total. The molecule has 4 N–H and O–H groups in total. The first-order valence-corrected chi connectivity index (χ1v) is 12.5. The van der Waals surface area contributed by atoms with Crippen LogP contribution in [0.5, 0.6) is 0 Å². The predicted molar refractivity (Wildman–Crippen MR) is 139 cm³/mol. The molecule has 16 heteroatoms. The van der Waals surface area contributed by atoms with E-state index in [1.807, 2.05) is 0 Å². The zero-order valence-electron chi connectivity index (χ0n) is 23.2. The minimum absolute atomic E-state index is 0.0352. The fourth-order valence-corrected chi connectivity index (χ4v) is 2.86. The van der Waals surface area contributed by atoms with Crippen LogP contribution in [0.4, 0.5) is 45.0 Å². The maximum absolute atomic E-state index is 12.7. The maximum atomic E-state index is 12.7. The highest BCUT2D eigenvalue weighted by Gasteiger charge is 2.19. The van der Waals surface area contributed by atoms with Crippen LogP contribution < -0.4 is 26.2 Å². The van der Waals surface area contributed by atoms with Gasteiger partial charge < -0.3 is 35.6 Å². The number of hydrogen-bond acceptors (Lipinski definition) is 10. The molecule has 0 unspecified atom stereocenters. The van der Waals surface area contributed by atoms with E-state index in [0.29, 0.717) is 12.8 Å². The lowest BCUT2D eigenvalue weighted by Crippen LogP contribution is -2.37. The number of ether oxygens (including phenoxy) is 2. The highest BCUT2D eigenvalue weighted by molar-refractivity contribution is 5.68. The molecule has 0 spiro atoms. The molecule has 1 rings (SSSR count). The van der Waals surface area contributed by atoms with Gasteiger partial charge in [0.05, 0.1) is 13.1 Å². The first-order chi connectivity index (χ1) is 18.0. The number of halogens is 4. The molecule has 0 atom stereocenters. The van der Waals surface area contributed by atoms with Crippen LogP contribution in [0, 0.1) is 0 Å². The summed E-state index contributed by atoms with van der Waals surface area (Å²) in [5.41, 5.74) is -1.32. The van der Waals surface area contributed by atoms with Gasteiger partial charge in [0.15, 0.2) is 0 Å². The van der Waals surface area contributed by atoms with Crippen molar-refractivity contribution in [1.29, 1.82) is 0 Å². The van der Waals surface area contributed by atoms with E-state index in [0.717, 1.165) is 0 Å². The van der Waals surface area contributed by atoms with Crippen molar-refractivity contribution >= 4 is 30.0 Å². The van der Waals surface area contributed by atoms with E-state index >= 15 is 0 Å². The number of nitrogens with one attached hydrogen (secondary N) is 4. The van der Waals surface area contributed by atoms with E-state index in [1.54, 1.807) is 46.4 Å². The summed E-state index contributed by atoms with van der Waals surface area (Å²) >= 11 is 0. The molecule has 0 aromatic carbocycles. The molecule has 0 aliphatic heterocycles. The Bertz CT molecular complexity index is 832. The summed E-state index contributed by atoms with van der Waals surface area (Å²) in [6, 6.07) is 0. The van der Waals surface area contributed by atoms with Gasteiger partial charge in [-0.05, 0) is 54.4 Å². The maximum Gasteiger partial charge on any atom is 0.407 e. The van der Waals surface area contributed by atoms with Gasteiger partial charge >= 0.3 is 12.2 Å². The Morgan fingerprint density at radius 1 is 0.744 bits per heavy atom. The van der Waals surface area contributed by atoms with Gasteiger partial charge in [0.1, 0.15) is 11.2 Å². The van der Waals surface area contributed by atoms with Crippen LogP contribution in [-0.2, 0) is 9.47 Å². The number of aromatic nitrogens is 3. The average Bonchev–Trinajstić information content (AvgIpc) is 2.78. The summed E-state index contributed by atoms with van der Waals surface area (Å²) in [5.74, 6) is -0.408. The number of carbonyl (C=O) groups is 2. The quantitative estimate of drug-likeness (QED) is 0.182. The van der Waals surface area contributed by atoms with Gasteiger partial charge in [-0.25, -0.2) is 27.2 Å². The van der Waals surface area contributed by atoms with Crippen LogP contribution in [0.2, 0.25) is 0 Å². The monoisotopic (exact) mass is 568 g/mol. The van der Waals surface area contributed by atoms with Gasteiger partial charge in [-0.1, -0.05) is 0 Å². The van der Waals surface area contributed by atoms with Gasteiger partial charge in [0.25, 0.3) is 12.9 Å². The lowest BCUT2D eigenvalue weighted by Gasteiger charge is -2.24. The summed E-state index contributed by atoms with van der Waals surface area (Å²) < 4.78 is 61.3. The van der Waals surface area contributed by atoms with Gasteiger partial charge in [-0.15, -0.1) is 0 Å². The smallest absolute Gasteiger partial charge is 0.407 e. The number of hydrogen-bond donors (Lipinski definition) is 4. The lowest BCUT2D eigenvalue weighted by atomic mass is 10.2. The molecule has 0 fully saturated rings. The van der Waals surface area contributed by atoms with Gasteiger partial charge in [0, 0.05) is 26.2 Å². The third-order valence-corrected chi connectivity index (χ3v) is 4.28. The van der Waals surface area contributed by atoms with Crippen molar-refractivity contribution in [3.63, 3.8) is 0 Å². The second kappa shape index (κ2) is 15.9. The normalized spacial score (nSPS) is 11.8. The van der Waals surface area contributed by atoms with Crippen LogP contribution in [-0.4, -0.2) is 90.5 Å². The predicted octanol–water partition coefficient (Wildman–Crippen LogP) is 3.86. The Hall–Kier alpha value is -3.33. The second-order valence-electron chi connectivity index (χ2n) is 10.4. The number of alkyl carbamates (subject to hydrolysis) is 2. The van der Waals surface area contributed by atoms with E-state index in [1.165, 1.54) is 0 Å². The third-order valence-electron chi connectivity index (χ3n) is 4.28. The minimum Gasteiger partial charge on any atom is -0.444 e. The summed E-state index contributed by atoms with van der Waals surface area (Å²) in [6.45, 7) is 9.95. The fraction of sp³-hybridized carbons (Fsp3) is 0.783. The third kappa shape index (κ3) is 17.0. The number of alkyl halides is 4. The van der Waals surface area contributed by atoms with Crippen LogP contribution in [0.15, 0.2) is 0 Å². The van der Waals surface area contributed by atoms with Crippen LogP contribution in [0.3, 0.4) is 0 Å². The topological polar surface area (TPSA) is 143 Å². The Morgan fingerprint density at radius 2 is 1.13 bits per heavy atom. The Labute approximate surface area is 226 Å². The molecule has 1 heterocycles. The first kappa shape index (κ1) is 33.7. The van der Waals surface area contributed by atoms with E-state index < -0.39 is 49.3 Å². The SMILES string of the molecule is CC(C)(C)OC(=O)NCCCN(CCCNC(=O)OC(C)(C)C)c1nc(NCC(F)F)nc(NCC(F)F)n1. The summed E-state index contributed by atoms with van der Waals surface area (Å²) in [6.07, 6.45) is -5.76. The molecule has 1 aromatic rings. The number of nitrogens with zero attached hydrogens (tertiary/aromatic N) is 4. The molecule has 0 bridgehead atoms. The van der Waals surface area contributed by atoms with Crippen LogP contribution in [0.25, 0.3) is 0 Å². The lowest BCUT2D eigenvalue weighted by molar-refractivity contribution is 0.0516. The van der Waals surface area contributed by atoms with Gasteiger partial charge in [-0.2, -0.15) is 15.0 Å². The van der Waals surface area contributed by atoms with Crippen molar-refractivity contribution in [3.05, 3.63) is 0 Å². The summed E-state index contributed by atoms with van der Waals surface area (Å²) in [4.78, 5) is 37.7. The minimum atomic E-state index is -2.70. The molecule has 0 radical (unpaired) electrons. The van der Waals surface area contributed by atoms with Crippen LogP contribution in [0.1, 0.15) is 54.4 Å². The van der Waals surface area contributed by atoms with Gasteiger partial charge in [0.2, 0.25) is 17.8 Å². The van der Waals surface area contributed by atoms with Crippen molar-refractivity contribution in [2.75, 3.05) is 54.8 Å². The molecule has 2 amide bonds. The summed E-state index contributed by atoms with van der Waals surface area (Å²) in [5, 5.41) is 9.99. The van der Waals surface area contributed by atoms with E-state index in [9.17, 15) is 27.2 Å². The van der Waals surface area contributed by atoms with Crippen molar-refractivity contribution in [1.82, 2.24) is 25.6 Å². The Kier molecular flexibility index (Phi) is 13.8. The largest absolute Gasteiger partial charge is 0.444 e. The van der Waals surface area contributed by atoms with E-state index in [2.05, 4.69) is 36.2 Å². The molecule has 0 aliphatic carbocycles. The van der Waals surface area contributed by atoms with Crippen molar-refractivity contribution < 1.29 is 36.6 Å². The van der Waals surface area contributed by atoms with Crippen molar-refractivity contribution in [2.24, 2.45) is 0 Å². The number of carbonyl (C=O) groups excluding carboxylic acids is 2. The zero-order chi connectivity index (χ0) is 29.6. The second-order valence-corrected chi connectivity index (χ2v) is 10.4. The first-order valence-electron chi connectivity index (χ1n) is 12.5. The Morgan fingerprint density at radius 3 is 1.46 bits per heavy atom. The van der Waals surface area contributed by atoms with E-state index in [-0.39, 0.29) is 44.0 Å². The average molecular weight is 569 g/mol. The zero-order valence-corrected chi connectivity index (χ0v) is 23.2. The molecular weight excluding hydrogens is 528 g/mol. The van der Waals surface area contributed by atoms with E-state index in [4.69, 9.17) is 9.47 Å². The fourth-order valence-electron chi connectivity index (χ4n) is 2.86. The van der Waals surface area contributed by atoms with Crippen molar-refractivity contribution in [2.45, 2.75) is 78.4 Å². The van der Waals surface area contributed by atoms with Crippen molar-refractivity contribution in [3.8, 4) is 0 Å². The molecule has 0 saturated heterocycles. The number of anilines is 3. The molecule has 39 heavy (non-hydrogen) atoms. The number of rotatable bonds is 15. The molecule has 0 aliphatic rings. The highest BCUT2D eigenvalue weighted by atomic mass is 19.3. The Balaban J connectivity index is 2.97.